The zero-order chi connectivity index (χ0) is 80.2. The average molecular weight is 1570 g/mol. The summed E-state index contributed by atoms with van der Waals surface area (Å²) in [6.07, 6.45) is 25.9. The minimum atomic E-state index is -0.659. The number of anilines is 4. The number of aromatic amines is 1. The quantitative estimate of drug-likeness (QED) is 0.0273. The molecule has 616 valence electrons. The second kappa shape index (κ2) is 33.1. The van der Waals surface area contributed by atoms with Crippen molar-refractivity contribution < 1.29 is 42.7 Å². The number of methoxy groups -OCH3 is 4. The van der Waals surface area contributed by atoms with Crippen molar-refractivity contribution >= 4 is 62.0 Å². The normalized spacial score (nSPS) is 25.6. The van der Waals surface area contributed by atoms with Crippen molar-refractivity contribution in [3.05, 3.63) is 138 Å². The van der Waals surface area contributed by atoms with Crippen molar-refractivity contribution in [1.82, 2.24) is 48.8 Å². The number of amides is 1. The van der Waals surface area contributed by atoms with E-state index in [2.05, 4.69) is 148 Å². The largest absolute Gasteiger partial charge is 0.497 e. The summed E-state index contributed by atoms with van der Waals surface area (Å²) < 4.78 is 53.7. The molecule has 17 rings (SSSR count). The third kappa shape index (κ3) is 17.6. The van der Waals surface area contributed by atoms with Crippen LogP contribution in [0.15, 0.2) is 110 Å². The maximum absolute atomic E-state index is 13.1. The van der Waals surface area contributed by atoms with Gasteiger partial charge in [-0.2, -0.15) is 0 Å². The molecule has 0 bridgehead atoms. The summed E-state index contributed by atoms with van der Waals surface area (Å²) in [4.78, 5) is 46.3. The van der Waals surface area contributed by atoms with Gasteiger partial charge in [-0.3, -0.25) is 14.6 Å². The van der Waals surface area contributed by atoms with E-state index >= 15 is 0 Å². The fourth-order valence-electron chi connectivity index (χ4n) is 19.6. The number of fused-ring (bicyclic) bond motifs is 5. The van der Waals surface area contributed by atoms with Gasteiger partial charge in [0, 0.05) is 112 Å². The van der Waals surface area contributed by atoms with Gasteiger partial charge in [-0.05, 0) is 211 Å². The average Bonchev–Trinajstić information content (AvgIpc) is 1.59. The number of nitrogen functional groups attached to an aromatic ring is 1. The van der Waals surface area contributed by atoms with Crippen molar-refractivity contribution in [2.75, 3.05) is 76.3 Å². The highest BCUT2D eigenvalue weighted by atomic mass is 16.8. The van der Waals surface area contributed by atoms with Gasteiger partial charge in [0.15, 0.2) is 11.6 Å². The summed E-state index contributed by atoms with van der Waals surface area (Å²) in [6.45, 7) is 27.0. The fourth-order valence-corrected chi connectivity index (χ4v) is 19.6. The van der Waals surface area contributed by atoms with Crippen LogP contribution in [0.3, 0.4) is 0 Å². The van der Waals surface area contributed by atoms with E-state index < -0.39 is 11.6 Å². The van der Waals surface area contributed by atoms with E-state index in [0.717, 1.165) is 166 Å². The standard InChI is InChI=1S/C46H63N7O5.C46H61N7O4/c1-45(2,3)32-13-15-36(47)37(22-32)51-40(54)16-11-29-19-33(20-29)52(25-28-9-8-10-28)26-31-21-38(42-41(31)57-46(4,5)58-42)53-18-17-35-43(49-27-50-44(35)53)48-24-30-12-14-34(55-6)23-39(30)56-7;1-45(2,3)32-13-15-36-37(22-32)51-40(50-36)16-11-29-19-33(20-29)52(25-28-9-8-10-28)26-31-21-38(42-41(31)56-46(4,5)57-42)53-18-17-35-43(48-27-49-44(35)53)47-24-30-12-14-34(54-6)23-39(30)55-7/h12-15,17-18,22-23,27-29,31,33,38,41-42H,8-11,16,19-21,24-26,47H2,1-7H3,(H,51,54)(H,48,49,50);12-15,17-18,22-23,27-29,31,33,38,41-42H,8-11,16,19-21,24-26H2,1-7H3,(H,50,51)(H,47,48,49)/t2*29?,31-,33?,38-,41-,42+/m11/s1. The van der Waals surface area contributed by atoms with Crippen molar-refractivity contribution in [3.63, 3.8) is 0 Å². The van der Waals surface area contributed by atoms with Gasteiger partial charge in [0.2, 0.25) is 5.91 Å². The lowest BCUT2D eigenvalue weighted by molar-refractivity contribution is -0.162. The Balaban J connectivity index is 0.000000173. The molecule has 4 aromatic carbocycles. The van der Waals surface area contributed by atoms with E-state index in [-0.39, 0.29) is 53.2 Å². The van der Waals surface area contributed by atoms with E-state index in [1.54, 1.807) is 41.1 Å². The molecule has 8 aliphatic rings. The Morgan fingerprint density at radius 3 is 1.50 bits per heavy atom. The molecule has 0 spiro atoms. The number of imidazole rings is 1. The molecule has 2 aliphatic heterocycles. The topological polar surface area (TPSA) is 250 Å². The number of nitrogens with two attached hydrogens (primary N) is 1. The molecule has 1 amide bonds. The van der Waals surface area contributed by atoms with Crippen LogP contribution in [-0.4, -0.2) is 157 Å². The second-order valence-corrected chi connectivity index (χ2v) is 37.5. The van der Waals surface area contributed by atoms with Gasteiger partial charge in [-0.15, -0.1) is 0 Å². The molecule has 6 N–H and O–H groups in total. The van der Waals surface area contributed by atoms with Crippen LogP contribution < -0.4 is 40.6 Å². The Hall–Kier alpha value is -8.58. The number of benzene rings is 4. The first kappa shape index (κ1) is 80.2. The summed E-state index contributed by atoms with van der Waals surface area (Å²) in [6, 6.07) is 30.0. The smallest absolute Gasteiger partial charge is 0.224 e. The summed E-state index contributed by atoms with van der Waals surface area (Å²) >= 11 is 0. The van der Waals surface area contributed by atoms with Crippen LogP contribution >= 0.6 is 0 Å². The van der Waals surface area contributed by atoms with Gasteiger partial charge in [0.25, 0.3) is 0 Å². The third-order valence-electron chi connectivity index (χ3n) is 26.7. The number of H-pyrrole nitrogens is 1. The molecule has 6 aliphatic carbocycles. The third-order valence-corrected chi connectivity index (χ3v) is 26.7. The number of nitrogens with zero attached hydrogens (tertiary/aromatic N) is 9. The van der Waals surface area contributed by atoms with Crippen LogP contribution in [-0.2, 0) is 54.1 Å². The van der Waals surface area contributed by atoms with Crippen LogP contribution in [0.25, 0.3) is 33.1 Å². The lowest BCUT2D eigenvalue weighted by Gasteiger charge is -2.46. The molecule has 23 nitrogen and oxygen atoms in total. The van der Waals surface area contributed by atoms with Crippen LogP contribution in [0, 0.1) is 35.5 Å². The molecule has 8 atom stereocenters. The first-order valence-corrected chi connectivity index (χ1v) is 42.6. The van der Waals surface area contributed by atoms with Crippen molar-refractivity contribution in [1.29, 1.82) is 0 Å². The van der Waals surface area contributed by atoms with Crippen molar-refractivity contribution in [2.45, 2.75) is 256 Å². The van der Waals surface area contributed by atoms with Crippen LogP contribution in [0.5, 0.6) is 23.0 Å². The SMILES string of the molecule is COc1ccc(CNc2ncnc3c2ccn3[C@@H]2C[C@H](CN(CC3CCC3)C3CC(CCC(=O)Nc4cc(C(C)(C)C)ccc4N)C3)[C@H]3OC(C)(C)O[C@H]32)c(OC)c1.COc1ccc(CNc2ncnc3c2ccn3[C@@H]2C[C@H](CN(CC3CCC3)C3CC(CCc4nc5ccc(C(C)(C)C)cc5[nH]4)C3)[C@H]3OC(C)(C)O[C@H]32)c(OC)c1. The molecular formula is C92H124N14O9. The van der Waals surface area contributed by atoms with E-state index in [4.69, 9.17) is 58.6 Å². The van der Waals surface area contributed by atoms with E-state index in [0.29, 0.717) is 60.7 Å². The summed E-state index contributed by atoms with van der Waals surface area (Å²) in [5, 5.41) is 12.1. The lowest BCUT2D eigenvalue weighted by Crippen LogP contribution is -2.50. The summed E-state index contributed by atoms with van der Waals surface area (Å²) in [5.74, 6) is 8.06. The molecule has 0 unspecified atom stereocenters. The predicted molar refractivity (Wildman–Crippen MR) is 452 cm³/mol. The molecule has 8 fully saturated rings. The number of carbonyl (C=O) groups is 1. The van der Waals surface area contributed by atoms with Gasteiger partial charge in [0.05, 0.1) is 85.9 Å². The highest BCUT2D eigenvalue weighted by molar-refractivity contribution is 5.94. The Morgan fingerprint density at radius 2 is 1.03 bits per heavy atom. The van der Waals surface area contributed by atoms with Gasteiger partial charge >= 0.3 is 0 Å². The summed E-state index contributed by atoms with van der Waals surface area (Å²) in [7, 11) is 6.67. The molecule has 115 heavy (non-hydrogen) atoms. The second-order valence-electron chi connectivity index (χ2n) is 37.5. The van der Waals surface area contributed by atoms with Crippen molar-refractivity contribution in [2.24, 2.45) is 35.5 Å². The van der Waals surface area contributed by atoms with E-state index in [9.17, 15) is 4.79 Å². The molecule has 9 aromatic rings. The number of ether oxygens (including phenoxy) is 8. The van der Waals surface area contributed by atoms with E-state index in [1.165, 1.54) is 69.9 Å². The van der Waals surface area contributed by atoms with Gasteiger partial charge in [-0.1, -0.05) is 66.5 Å². The lowest BCUT2D eigenvalue weighted by atomic mass is 9.75. The zero-order valence-electron chi connectivity index (χ0n) is 70.3. The molecule has 6 saturated carbocycles. The van der Waals surface area contributed by atoms with Crippen molar-refractivity contribution in [3.8, 4) is 23.0 Å². The van der Waals surface area contributed by atoms with Gasteiger partial charge in [-0.25, -0.2) is 24.9 Å². The molecule has 7 heterocycles. The number of aromatic nitrogens is 8. The Kier molecular flexibility index (Phi) is 23.1. The number of rotatable bonds is 29. The Labute approximate surface area is 679 Å². The molecule has 0 radical (unpaired) electrons. The highest BCUT2D eigenvalue weighted by Gasteiger charge is 2.57. The number of hydrogen-bond acceptors (Lipinski definition) is 19. The fraction of sp³-hybridized carbons (Fsp3) is 0.587. The predicted octanol–water partition coefficient (Wildman–Crippen LogP) is 17.1. The minimum Gasteiger partial charge on any atom is -0.497 e. The first-order chi connectivity index (χ1) is 55.2. The molecule has 23 heteroatoms. The van der Waals surface area contributed by atoms with Crippen LogP contribution in [0.4, 0.5) is 23.0 Å². The highest BCUT2D eigenvalue weighted by Crippen LogP contribution is 2.52. The monoisotopic (exact) mass is 1570 g/mol. The maximum Gasteiger partial charge on any atom is 0.224 e. The number of carbonyl (C=O) groups excluding carboxylic acids is 1. The van der Waals surface area contributed by atoms with Gasteiger partial charge < -0.3 is 73.7 Å². The molecule has 2 saturated heterocycles. The maximum atomic E-state index is 13.1. The van der Waals surface area contributed by atoms with Crippen LogP contribution in [0.2, 0.25) is 0 Å². The van der Waals surface area contributed by atoms with E-state index in [1.807, 2.05) is 68.4 Å². The van der Waals surface area contributed by atoms with Crippen LogP contribution in [0.1, 0.15) is 206 Å². The number of hydrogen-bond donors (Lipinski definition) is 5. The summed E-state index contributed by atoms with van der Waals surface area (Å²) in [5.41, 5.74) is 16.3. The molecular weight excluding hydrogens is 1450 g/mol. The molecule has 5 aromatic heterocycles. The van der Waals surface area contributed by atoms with Gasteiger partial charge in [0.1, 0.15) is 76.6 Å². The number of nitrogens with one attached hydrogen (secondary N) is 4. The first-order valence-electron chi connectivity index (χ1n) is 42.6. The zero-order valence-corrected chi connectivity index (χ0v) is 70.3. The Morgan fingerprint density at radius 1 is 0.557 bits per heavy atom. The number of aryl methyl sites for hydroxylation is 1. The Bertz CT molecular complexity index is 4880. The minimum absolute atomic E-state index is 0.00731.